The average Bonchev–Trinajstić information content (AvgIpc) is 3.04. The Labute approximate surface area is 264 Å². The number of carbonyl (C=O) groups excluding carboxylic acids is 1. The van der Waals surface area contributed by atoms with Crippen LogP contribution in [0.1, 0.15) is 25.5 Å². The molecule has 46 heavy (non-hydrogen) atoms. The second-order valence-electron chi connectivity index (χ2n) is 10.4. The molecule has 0 unspecified atom stereocenters. The standard InChI is InChI=1S/C33H32F2N8O3/c1-4-5-32(44)43-12-9-21(10-13-43)41-29-16-24-28(17-30(29)45-3)39-19-40-33(24)42-27-7-6-23(15-26(27)35)46-31(36)8-11-37-22-14-25(34)20(2)38-18-22/h6-8,11,14-19,21,41H,9-10,12-13,36H2,1-3H3,(H,39,40,42)/b31-8+,37-11?. The molecule has 1 saturated heterocycles. The molecule has 0 aliphatic carbocycles. The van der Waals surface area contributed by atoms with Crippen LogP contribution in [-0.2, 0) is 4.79 Å². The van der Waals surface area contributed by atoms with E-state index in [-0.39, 0.29) is 35.0 Å². The molecule has 2 aromatic carbocycles. The lowest BCUT2D eigenvalue weighted by Crippen LogP contribution is -2.41. The highest BCUT2D eigenvalue weighted by atomic mass is 19.1. The van der Waals surface area contributed by atoms with Gasteiger partial charge in [-0.2, -0.15) is 0 Å². The number of allylic oxidation sites excluding steroid dienone is 1. The molecule has 2 aromatic heterocycles. The normalized spacial score (nSPS) is 13.8. The summed E-state index contributed by atoms with van der Waals surface area (Å²) in [5, 5.41) is 7.21. The van der Waals surface area contributed by atoms with E-state index in [4.69, 9.17) is 15.2 Å². The number of pyridine rings is 1. The van der Waals surface area contributed by atoms with E-state index >= 15 is 4.39 Å². The highest BCUT2D eigenvalue weighted by molar-refractivity contribution is 5.95. The average molecular weight is 627 g/mol. The van der Waals surface area contributed by atoms with Gasteiger partial charge in [-0.15, -0.1) is 0 Å². The Kier molecular flexibility index (Phi) is 9.87. The Balaban J connectivity index is 1.28. The van der Waals surface area contributed by atoms with Crippen LogP contribution in [0.3, 0.4) is 0 Å². The van der Waals surface area contributed by atoms with E-state index in [0.717, 1.165) is 18.5 Å². The monoisotopic (exact) mass is 626 g/mol. The molecule has 5 rings (SSSR count). The van der Waals surface area contributed by atoms with Crippen molar-refractivity contribution in [2.75, 3.05) is 30.8 Å². The van der Waals surface area contributed by atoms with Gasteiger partial charge in [-0.25, -0.2) is 18.7 Å². The van der Waals surface area contributed by atoms with Gasteiger partial charge >= 0.3 is 0 Å². The van der Waals surface area contributed by atoms with Gasteiger partial charge in [0, 0.05) is 55.0 Å². The van der Waals surface area contributed by atoms with E-state index in [9.17, 15) is 9.18 Å². The molecule has 236 valence electrons. The minimum atomic E-state index is -0.604. The van der Waals surface area contributed by atoms with Crippen molar-refractivity contribution in [3.63, 3.8) is 0 Å². The SMILES string of the molecule is CC#CC(=O)N1CCC(Nc2cc3c(Nc4ccc(O/C(N)=C/C=Nc5cnc(C)c(F)c5)cc4F)ncnc3cc2OC)CC1. The zero-order valence-electron chi connectivity index (χ0n) is 25.5. The number of piperidine rings is 1. The summed E-state index contributed by atoms with van der Waals surface area (Å²) in [5.74, 6) is 5.11. The van der Waals surface area contributed by atoms with Gasteiger partial charge < -0.3 is 30.7 Å². The van der Waals surface area contributed by atoms with Crippen molar-refractivity contribution in [1.82, 2.24) is 19.9 Å². The van der Waals surface area contributed by atoms with E-state index < -0.39 is 11.6 Å². The minimum Gasteiger partial charge on any atom is -0.495 e. The number of amides is 1. The van der Waals surface area contributed by atoms with Crippen molar-refractivity contribution >= 4 is 45.9 Å². The maximum absolute atomic E-state index is 15.2. The molecule has 11 nitrogen and oxygen atoms in total. The third kappa shape index (κ3) is 7.65. The van der Waals surface area contributed by atoms with Crippen LogP contribution in [-0.4, -0.2) is 58.2 Å². The van der Waals surface area contributed by atoms with Gasteiger partial charge in [0.2, 0.25) is 0 Å². The van der Waals surface area contributed by atoms with Gasteiger partial charge in [0.05, 0.1) is 41.6 Å². The van der Waals surface area contributed by atoms with Gasteiger partial charge in [-0.3, -0.25) is 14.8 Å². The lowest BCUT2D eigenvalue weighted by atomic mass is 10.0. The molecule has 0 saturated carbocycles. The number of likely N-dealkylation sites (tertiary alicyclic amines) is 1. The van der Waals surface area contributed by atoms with Crippen LogP contribution in [0.25, 0.3) is 10.9 Å². The molecule has 4 N–H and O–H groups in total. The largest absolute Gasteiger partial charge is 0.495 e. The van der Waals surface area contributed by atoms with Crippen molar-refractivity contribution in [2.24, 2.45) is 10.7 Å². The minimum absolute atomic E-state index is 0.0490. The Morgan fingerprint density at radius 2 is 1.91 bits per heavy atom. The number of hydrogen-bond acceptors (Lipinski definition) is 10. The van der Waals surface area contributed by atoms with Crippen molar-refractivity contribution in [3.05, 3.63) is 78.2 Å². The maximum Gasteiger partial charge on any atom is 0.298 e. The van der Waals surface area contributed by atoms with E-state index in [1.165, 1.54) is 43.0 Å². The summed E-state index contributed by atoms with van der Waals surface area (Å²) in [5.41, 5.74) is 7.96. The molecular formula is C33H32F2N8O3. The zero-order chi connectivity index (χ0) is 32.6. The number of anilines is 3. The quantitative estimate of drug-likeness (QED) is 0.127. The molecule has 1 fully saturated rings. The van der Waals surface area contributed by atoms with Crippen molar-refractivity contribution in [3.8, 4) is 23.3 Å². The van der Waals surface area contributed by atoms with E-state index in [1.807, 2.05) is 6.07 Å². The molecule has 1 aliphatic heterocycles. The number of halogens is 2. The summed E-state index contributed by atoms with van der Waals surface area (Å²) in [6.07, 6.45) is 6.98. The second-order valence-corrected chi connectivity index (χ2v) is 10.4. The number of aryl methyl sites for hydroxylation is 1. The number of nitrogens with one attached hydrogen (secondary N) is 2. The predicted molar refractivity (Wildman–Crippen MR) is 172 cm³/mol. The lowest BCUT2D eigenvalue weighted by molar-refractivity contribution is -0.126. The molecule has 4 aromatic rings. The van der Waals surface area contributed by atoms with E-state index in [2.05, 4.69) is 42.4 Å². The van der Waals surface area contributed by atoms with Gasteiger partial charge in [0.25, 0.3) is 5.91 Å². The van der Waals surface area contributed by atoms with Gasteiger partial charge in [-0.1, -0.05) is 5.92 Å². The number of benzene rings is 2. The van der Waals surface area contributed by atoms with Crippen molar-refractivity contribution in [2.45, 2.75) is 32.7 Å². The molecule has 0 atom stereocenters. The van der Waals surface area contributed by atoms with E-state index in [0.29, 0.717) is 41.2 Å². The lowest BCUT2D eigenvalue weighted by Gasteiger charge is -2.32. The zero-order valence-corrected chi connectivity index (χ0v) is 25.5. The maximum atomic E-state index is 15.2. The first-order valence-electron chi connectivity index (χ1n) is 14.4. The van der Waals surface area contributed by atoms with Crippen molar-refractivity contribution < 1.29 is 23.0 Å². The molecule has 1 aliphatic rings. The number of ether oxygens (including phenoxy) is 2. The number of nitrogens with zero attached hydrogens (tertiary/aromatic N) is 5. The first-order chi connectivity index (χ1) is 22.2. The Hall–Kier alpha value is -5.77. The Morgan fingerprint density at radius 1 is 1.11 bits per heavy atom. The molecule has 3 heterocycles. The van der Waals surface area contributed by atoms with Crippen LogP contribution in [0, 0.1) is 30.4 Å². The number of aromatic nitrogens is 3. The summed E-state index contributed by atoms with van der Waals surface area (Å²) >= 11 is 0. The number of methoxy groups -OCH3 is 1. The summed E-state index contributed by atoms with van der Waals surface area (Å²) in [6.45, 7) is 4.39. The fraction of sp³-hybridized carbons (Fsp3) is 0.242. The fourth-order valence-electron chi connectivity index (χ4n) is 4.82. The van der Waals surface area contributed by atoms with Crippen LogP contribution in [0.4, 0.5) is 31.7 Å². The number of carbonyl (C=O) groups is 1. The van der Waals surface area contributed by atoms with Crippen LogP contribution in [0.2, 0.25) is 0 Å². The molecule has 0 radical (unpaired) electrons. The highest BCUT2D eigenvalue weighted by Crippen LogP contribution is 2.35. The Morgan fingerprint density at radius 3 is 2.63 bits per heavy atom. The molecular weight excluding hydrogens is 594 g/mol. The van der Waals surface area contributed by atoms with Crippen LogP contribution in [0.5, 0.6) is 11.5 Å². The van der Waals surface area contributed by atoms with Gasteiger partial charge in [0.15, 0.2) is 5.88 Å². The summed E-state index contributed by atoms with van der Waals surface area (Å²) in [6, 6.07) is 9.23. The van der Waals surface area contributed by atoms with Crippen LogP contribution in [0.15, 0.2) is 65.9 Å². The first-order valence-corrected chi connectivity index (χ1v) is 14.4. The molecule has 13 heteroatoms. The van der Waals surface area contributed by atoms with Crippen molar-refractivity contribution in [1.29, 1.82) is 0 Å². The van der Waals surface area contributed by atoms with Crippen LogP contribution >= 0.6 is 0 Å². The molecule has 0 bridgehead atoms. The number of nitrogens with two attached hydrogens (primary N) is 1. The third-order valence-corrected chi connectivity index (χ3v) is 7.23. The molecule has 1 amide bonds. The van der Waals surface area contributed by atoms with E-state index in [1.54, 1.807) is 38.0 Å². The first kappa shape index (κ1) is 31.6. The number of fused-ring (bicyclic) bond motifs is 1. The second kappa shape index (κ2) is 14.3. The number of rotatable bonds is 9. The summed E-state index contributed by atoms with van der Waals surface area (Å²) < 4.78 is 40.0. The topological polar surface area (TPSA) is 140 Å². The summed E-state index contributed by atoms with van der Waals surface area (Å²) in [4.78, 5) is 30.6. The highest BCUT2D eigenvalue weighted by Gasteiger charge is 2.23. The number of hydrogen-bond donors (Lipinski definition) is 3. The Bertz CT molecular complexity index is 1880. The molecule has 0 spiro atoms. The summed E-state index contributed by atoms with van der Waals surface area (Å²) in [7, 11) is 1.58. The van der Waals surface area contributed by atoms with Crippen LogP contribution < -0.4 is 25.8 Å². The number of aliphatic imine (C=N–C) groups is 1. The third-order valence-electron chi connectivity index (χ3n) is 7.23. The van der Waals surface area contributed by atoms with Gasteiger partial charge in [-0.05, 0) is 50.8 Å². The fourth-order valence-corrected chi connectivity index (χ4v) is 4.82. The van der Waals surface area contributed by atoms with Gasteiger partial charge in [0.1, 0.15) is 35.3 Å². The smallest absolute Gasteiger partial charge is 0.298 e. The predicted octanol–water partition coefficient (Wildman–Crippen LogP) is 5.37.